The molecule has 0 bridgehead atoms. The van der Waals surface area contributed by atoms with Crippen LogP contribution < -0.4 is 11.1 Å². The molecule has 1 aromatic heterocycles. The third-order valence-electron chi connectivity index (χ3n) is 2.36. The van der Waals surface area contributed by atoms with Gasteiger partial charge in [0.05, 0.1) is 24.8 Å². The molecule has 0 aliphatic carbocycles. The topological polar surface area (TPSA) is 98.5 Å². The summed E-state index contributed by atoms with van der Waals surface area (Å²) in [6.07, 6.45) is 0.250. The van der Waals surface area contributed by atoms with Gasteiger partial charge in [-0.1, -0.05) is 6.92 Å². The molecule has 1 atom stereocenters. The van der Waals surface area contributed by atoms with Crippen LogP contribution in [0.2, 0.25) is 0 Å². The van der Waals surface area contributed by atoms with E-state index in [9.17, 15) is 14.4 Å². The van der Waals surface area contributed by atoms with Gasteiger partial charge >= 0.3 is 5.97 Å². The van der Waals surface area contributed by atoms with E-state index in [0.717, 1.165) is 0 Å². The number of hydrogen-bond donors (Lipinski definition) is 2. The van der Waals surface area contributed by atoms with Crippen LogP contribution in [0.25, 0.3) is 0 Å². The number of rotatable bonds is 7. The van der Waals surface area contributed by atoms with Crippen LogP contribution in [0, 0.1) is 0 Å². The maximum atomic E-state index is 11.8. The summed E-state index contributed by atoms with van der Waals surface area (Å²) in [5, 5.41) is 4.75. The number of amides is 2. The third kappa shape index (κ3) is 5.22. The van der Waals surface area contributed by atoms with Gasteiger partial charge in [-0.25, -0.2) is 0 Å². The minimum absolute atomic E-state index is 0.0212. The standard InChI is InChI=1S/C12H16N2O4S2/c1-7(5-10(16)18-2)20-6-9(15)14-12-8(11(13)17)3-4-19-12/h3-4,7H,5-6H2,1-2H3,(H2,13,17)(H,14,15). The molecule has 1 unspecified atom stereocenters. The lowest BCUT2D eigenvalue weighted by Crippen LogP contribution is -2.19. The molecule has 0 aliphatic rings. The molecule has 6 nitrogen and oxygen atoms in total. The van der Waals surface area contributed by atoms with Crippen molar-refractivity contribution in [3.8, 4) is 0 Å². The average molecular weight is 316 g/mol. The van der Waals surface area contributed by atoms with Crippen LogP contribution in [0.15, 0.2) is 11.4 Å². The number of carbonyl (C=O) groups excluding carboxylic acids is 3. The zero-order valence-electron chi connectivity index (χ0n) is 11.2. The van der Waals surface area contributed by atoms with E-state index >= 15 is 0 Å². The number of nitrogens with one attached hydrogen (secondary N) is 1. The zero-order chi connectivity index (χ0) is 15.1. The normalized spacial score (nSPS) is 11.7. The van der Waals surface area contributed by atoms with Gasteiger partial charge in [0.15, 0.2) is 0 Å². The fourth-order valence-electron chi connectivity index (χ4n) is 1.36. The van der Waals surface area contributed by atoms with Gasteiger partial charge < -0.3 is 15.8 Å². The molecule has 0 saturated carbocycles. The molecule has 20 heavy (non-hydrogen) atoms. The predicted molar refractivity (Wildman–Crippen MR) is 80.0 cm³/mol. The summed E-state index contributed by atoms with van der Waals surface area (Å²) in [7, 11) is 1.33. The first-order valence-corrected chi connectivity index (χ1v) is 7.72. The van der Waals surface area contributed by atoms with Gasteiger partial charge in [0.1, 0.15) is 5.00 Å². The van der Waals surface area contributed by atoms with E-state index in [1.54, 1.807) is 11.4 Å². The molecular formula is C12H16N2O4S2. The number of esters is 1. The summed E-state index contributed by atoms with van der Waals surface area (Å²) in [5.41, 5.74) is 5.49. The van der Waals surface area contributed by atoms with E-state index in [2.05, 4.69) is 10.1 Å². The maximum absolute atomic E-state index is 11.8. The second kappa shape index (κ2) is 7.91. The number of thiophene rings is 1. The summed E-state index contributed by atoms with van der Waals surface area (Å²) in [4.78, 5) is 33.9. The Morgan fingerprint density at radius 2 is 2.20 bits per heavy atom. The molecular weight excluding hydrogens is 300 g/mol. The van der Waals surface area contributed by atoms with Crippen LogP contribution in [-0.4, -0.2) is 35.9 Å². The van der Waals surface area contributed by atoms with Gasteiger partial charge in [0, 0.05) is 5.25 Å². The smallest absolute Gasteiger partial charge is 0.306 e. The monoisotopic (exact) mass is 316 g/mol. The van der Waals surface area contributed by atoms with E-state index in [1.807, 2.05) is 6.92 Å². The van der Waals surface area contributed by atoms with Crippen molar-refractivity contribution in [2.24, 2.45) is 5.73 Å². The van der Waals surface area contributed by atoms with Crippen LogP contribution in [-0.2, 0) is 14.3 Å². The van der Waals surface area contributed by atoms with E-state index < -0.39 is 5.91 Å². The Morgan fingerprint density at radius 3 is 2.80 bits per heavy atom. The molecule has 1 heterocycles. The lowest BCUT2D eigenvalue weighted by molar-refractivity contribution is -0.140. The quantitative estimate of drug-likeness (QED) is 0.742. The minimum Gasteiger partial charge on any atom is -0.469 e. The molecule has 0 fully saturated rings. The van der Waals surface area contributed by atoms with Crippen molar-refractivity contribution in [2.75, 3.05) is 18.2 Å². The first-order valence-electron chi connectivity index (χ1n) is 5.79. The summed E-state index contributed by atoms with van der Waals surface area (Å²) >= 11 is 2.58. The summed E-state index contributed by atoms with van der Waals surface area (Å²) in [5.74, 6) is -0.932. The van der Waals surface area contributed by atoms with Crippen molar-refractivity contribution < 1.29 is 19.1 Å². The van der Waals surface area contributed by atoms with Gasteiger partial charge in [-0.15, -0.1) is 23.1 Å². The first-order chi connectivity index (χ1) is 9.43. The molecule has 110 valence electrons. The van der Waals surface area contributed by atoms with Crippen LogP contribution >= 0.6 is 23.1 Å². The highest BCUT2D eigenvalue weighted by Gasteiger charge is 2.15. The number of hydrogen-bond acceptors (Lipinski definition) is 6. The molecule has 0 saturated heterocycles. The van der Waals surface area contributed by atoms with Gasteiger partial charge in [0.25, 0.3) is 5.91 Å². The van der Waals surface area contributed by atoms with E-state index in [4.69, 9.17) is 5.73 Å². The fourth-order valence-corrected chi connectivity index (χ4v) is 2.93. The van der Waals surface area contributed by atoms with Gasteiger partial charge in [-0.05, 0) is 11.4 Å². The SMILES string of the molecule is COC(=O)CC(C)SCC(=O)Nc1sccc1C(N)=O. The van der Waals surface area contributed by atoms with Gasteiger partial charge in [0.2, 0.25) is 5.91 Å². The summed E-state index contributed by atoms with van der Waals surface area (Å²) in [6.45, 7) is 1.84. The number of methoxy groups -OCH3 is 1. The van der Waals surface area contributed by atoms with E-state index in [1.165, 1.54) is 30.2 Å². The second-order valence-electron chi connectivity index (χ2n) is 3.98. The number of carbonyl (C=O) groups is 3. The number of primary amides is 1. The Balaban J connectivity index is 2.42. The predicted octanol–water partition coefficient (Wildman–Crippen LogP) is 1.47. The lowest BCUT2D eigenvalue weighted by Gasteiger charge is -2.09. The van der Waals surface area contributed by atoms with Crippen molar-refractivity contribution >= 4 is 45.9 Å². The Kier molecular flexibility index (Phi) is 6.53. The molecule has 3 N–H and O–H groups in total. The van der Waals surface area contributed by atoms with Gasteiger partial charge in [-0.2, -0.15) is 0 Å². The Morgan fingerprint density at radius 1 is 1.50 bits per heavy atom. The Bertz CT molecular complexity index is 501. The molecule has 0 aliphatic heterocycles. The van der Waals surface area contributed by atoms with Crippen LogP contribution in [0.4, 0.5) is 5.00 Å². The van der Waals surface area contributed by atoms with E-state index in [0.29, 0.717) is 10.6 Å². The molecule has 0 spiro atoms. The third-order valence-corrected chi connectivity index (χ3v) is 4.36. The second-order valence-corrected chi connectivity index (χ2v) is 6.32. The molecule has 1 aromatic rings. The van der Waals surface area contributed by atoms with Crippen molar-refractivity contribution in [3.63, 3.8) is 0 Å². The van der Waals surface area contributed by atoms with Crippen LogP contribution in [0.5, 0.6) is 0 Å². The number of ether oxygens (including phenoxy) is 1. The first kappa shape index (κ1) is 16.5. The molecule has 1 rings (SSSR count). The molecule has 8 heteroatoms. The fraction of sp³-hybridized carbons (Fsp3) is 0.417. The van der Waals surface area contributed by atoms with Crippen molar-refractivity contribution in [1.29, 1.82) is 0 Å². The number of thioether (sulfide) groups is 1. The number of anilines is 1. The average Bonchev–Trinajstić information content (AvgIpc) is 2.84. The lowest BCUT2D eigenvalue weighted by atomic mass is 10.3. The Hall–Kier alpha value is -1.54. The highest BCUT2D eigenvalue weighted by molar-refractivity contribution is 8.00. The number of nitrogens with two attached hydrogens (primary N) is 1. The molecule has 2 amide bonds. The van der Waals surface area contributed by atoms with Crippen LogP contribution in [0.1, 0.15) is 23.7 Å². The maximum Gasteiger partial charge on any atom is 0.306 e. The highest BCUT2D eigenvalue weighted by Crippen LogP contribution is 2.23. The largest absolute Gasteiger partial charge is 0.469 e. The highest BCUT2D eigenvalue weighted by atomic mass is 32.2. The van der Waals surface area contributed by atoms with E-state index in [-0.39, 0.29) is 29.3 Å². The van der Waals surface area contributed by atoms with Crippen molar-refractivity contribution in [3.05, 3.63) is 17.0 Å². The zero-order valence-corrected chi connectivity index (χ0v) is 12.8. The molecule has 0 aromatic carbocycles. The Labute approximate surface area is 125 Å². The van der Waals surface area contributed by atoms with Crippen molar-refractivity contribution in [1.82, 2.24) is 0 Å². The van der Waals surface area contributed by atoms with Crippen molar-refractivity contribution in [2.45, 2.75) is 18.6 Å². The molecule has 0 radical (unpaired) electrons. The summed E-state index contributed by atoms with van der Waals surface area (Å²) < 4.78 is 4.55. The summed E-state index contributed by atoms with van der Waals surface area (Å²) in [6, 6.07) is 1.57. The van der Waals surface area contributed by atoms with Gasteiger partial charge in [-0.3, -0.25) is 14.4 Å². The van der Waals surface area contributed by atoms with Crippen LogP contribution in [0.3, 0.4) is 0 Å². The minimum atomic E-state index is -0.576.